The number of amides is 1. The van der Waals surface area contributed by atoms with Crippen molar-refractivity contribution in [2.24, 2.45) is 5.92 Å². The standard InChI is InChI=1S/C24H24F4N4OS/c1-14-4-3-11-32(19(14)13-30-20-10-7-17(12-29-20)24(26,27)28)23(33)21-22(34-15(2)31-21)16-5-8-18(25)9-6-16/h5-10,12,14,19H,3-4,11,13H2,1-2H3,(H,29,30). The van der Waals surface area contributed by atoms with Crippen LogP contribution in [0.2, 0.25) is 0 Å². The number of rotatable bonds is 5. The lowest BCUT2D eigenvalue weighted by Gasteiger charge is -2.40. The number of aromatic nitrogens is 2. The summed E-state index contributed by atoms with van der Waals surface area (Å²) in [7, 11) is 0. The topological polar surface area (TPSA) is 58.1 Å². The molecule has 0 spiro atoms. The third-order valence-electron chi connectivity index (χ3n) is 6.00. The molecule has 34 heavy (non-hydrogen) atoms. The average Bonchev–Trinajstić information content (AvgIpc) is 3.19. The highest BCUT2D eigenvalue weighted by molar-refractivity contribution is 7.15. The first-order valence-corrected chi connectivity index (χ1v) is 11.8. The number of piperidine rings is 1. The molecule has 1 N–H and O–H groups in total. The zero-order valence-electron chi connectivity index (χ0n) is 18.7. The quantitative estimate of drug-likeness (QED) is 0.442. The Morgan fingerprint density at radius 3 is 2.59 bits per heavy atom. The fourth-order valence-electron chi connectivity index (χ4n) is 4.19. The molecule has 5 nitrogen and oxygen atoms in total. The molecule has 0 aliphatic carbocycles. The number of anilines is 1. The summed E-state index contributed by atoms with van der Waals surface area (Å²) >= 11 is 1.38. The lowest BCUT2D eigenvalue weighted by molar-refractivity contribution is -0.137. The Labute approximate surface area is 198 Å². The molecular weight excluding hydrogens is 468 g/mol. The van der Waals surface area contributed by atoms with Gasteiger partial charge in [0.25, 0.3) is 5.91 Å². The first-order chi connectivity index (χ1) is 16.1. The van der Waals surface area contributed by atoms with Crippen LogP contribution in [-0.2, 0) is 6.18 Å². The summed E-state index contributed by atoms with van der Waals surface area (Å²) in [5.74, 6) is -0.0727. The fraction of sp³-hybridized carbons (Fsp3) is 0.375. The molecule has 1 aliphatic rings. The number of aryl methyl sites for hydroxylation is 1. The van der Waals surface area contributed by atoms with Crippen LogP contribution in [0.25, 0.3) is 10.4 Å². The molecular formula is C24H24F4N4OS. The monoisotopic (exact) mass is 492 g/mol. The fourth-order valence-corrected chi connectivity index (χ4v) is 5.11. The molecule has 1 aliphatic heterocycles. The Balaban J connectivity index is 1.54. The van der Waals surface area contributed by atoms with Gasteiger partial charge in [-0.3, -0.25) is 4.79 Å². The van der Waals surface area contributed by atoms with Crippen LogP contribution in [0.3, 0.4) is 0 Å². The van der Waals surface area contributed by atoms with Gasteiger partial charge in [0.05, 0.1) is 21.5 Å². The van der Waals surface area contributed by atoms with Gasteiger partial charge in [-0.2, -0.15) is 13.2 Å². The first kappa shape index (κ1) is 24.1. The van der Waals surface area contributed by atoms with E-state index in [9.17, 15) is 22.4 Å². The number of carbonyl (C=O) groups excluding carboxylic acids is 1. The van der Waals surface area contributed by atoms with Crippen LogP contribution >= 0.6 is 11.3 Å². The van der Waals surface area contributed by atoms with Crippen LogP contribution in [0.15, 0.2) is 42.6 Å². The van der Waals surface area contributed by atoms with Crippen LogP contribution in [0.4, 0.5) is 23.4 Å². The highest BCUT2D eigenvalue weighted by atomic mass is 32.1. The van der Waals surface area contributed by atoms with E-state index in [1.165, 1.54) is 29.5 Å². The van der Waals surface area contributed by atoms with Crippen molar-refractivity contribution in [2.75, 3.05) is 18.4 Å². The summed E-state index contributed by atoms with van der Waals surface area (Å²) in [5, 5.41) is 3.82. The summed E-state index contributed by atoms with van der Waals surface area (Å²) in [6, 6.07) is 8.06. The first-order valence-electron chi connectivity index (χ1n) is 10.9. The number of benzene rings is 1. The zero-order valence-corrected chi connectivity index (χ0v) is 19.5. The smallest absolute Gasteiger partial charge is 0.368 e. The van der Waals surface area contributed by atoms with E-state index >= 15 is 0 Å². The van der Waals surface area contributed by atoms with Gasteiger partial charge in [0, 0.05) is 19.3 Å². The Morgan fingerprint density at radius 2 is 1.94 bits per heavy atom. The van der Waals surface area contributed by atoms with Crippen molar-refractivity contribution in [3.05, 3.63) is 64.7 Å². The minimum atomic E-state index is -4.44. The molecule has 2 unspecified atom stereocenters. The van der Waals surface area contributed by atoms with Crippen molar-refractivity contribution < 1.29 is 22.4 Å². The molecule has 0 saturated carbocycles. The lowest BCUT2D eigenvalue weighted by Crippen LogP contribution is -2.51. The van der Waals surface area contributed by atoms with Gasteiger partial charge >= 0.3 is 6.18 Å². The maximum atomic E-state index is 13.6. The third kappa shape index (κ3) is 5.22. The molecule has 2 aromatic heterocycles. The van der Waals surface area contributed by atoms with Crippen LogP contribution < -0.4 is 5.32 Å². The average molecular weight is 493 g/mol. The number of alkyl halides is 3. The predicted octanol–water partition coefficient (Wildman–Crippen LogP) is 6.02. The Bertz CT molecular complexity index is 1150. The predicted molar refractivity (Wildman–Crippen MR) is 123 cm³/mol. The highest BCUT2D eigenvalue weighted by Crippen LogP contribution is 2.34. The molecule has 1 fully saturated rings. The number of thiazole rings is 1. The molecule has 3 aromatic rings. The van der Waals surface area contributed by atoms with E-state index in [1.807, 2.05) is 6.92 Å². The number of pyridine rings is 1. The highest BCUT2D eigenvalue weighted by Gasteiger charge is 2.35. The van der Waals surface area contributed by atoms with Crippen LogP contribution in [0.1, 0.15) is 40.8 Å². The minimum absolute atomic E-state index is 0.175. The normalized spacial score (nSPS) is 18.7. The zero-order chi connectivity index (χ0) is 24.5. The molecule has 180 valence electrons. The van der Waals surface area contributed by atoms with Gasteiger partial charge in [-0.05, 0) is 55.5 Å². The van der Waals surface area contributed by atoms with Crippen molar-refractivity contribution in [1.82, 2.24) is 14.9 Å². The van der Waals surface area contributed by atoms with Gasteiger partial charge in [-0.25, -0.2) is 14.4 Å². The van der Waals surface area contributed by atoms with E-state index in [2.05, 4.69) is 22.2 Å². The number of nitrogens with one attached hydrogen (secondary N) is 1. The van der Waals surface area contributed by atoms with Gasteiger partial charge in [-0.1, -0.05) is 19.1 Å². The van der Waals surface area contributed by atoms with E-state index < -0.39 is 11.7 Å². The molecule has 1 saturated heterocycles. The molecule has 3 heterocycles. The lowest BCUT2D eigenvalue weighted by atomic mass is 9.90. The second-order valence-electron chi connectivity index (χ2n) is 8.41. The molecule has 2 atom stereocenters. The van der Waals surface area contributed by atoms with Crippen molar-refractivity contribution >= 4 is 23.1 Å². The Morgan fingerprint density at radius 1 is 1.21 bits per heavy atom. The van der Waals surface area contributed by atoms with Crippen molar-refractivity contribution in [1.29, 1.82) is 0 Å². The summed E-state index contributed by atoms with van der Waals surface area (Å²) < 4.78 is 51.8. The second-order valence-corrected chi connectivity index (χ2v) is 9.62. The van der Waals surface area contributed by atoms with Crippen LogP contribution in [0.5, 0.6) is 0 Å². The van der Waals surface area contributed by atoms with E-state index in [-0.39, 0.29) is 23.7 Å². The molecule has 10 heteroatoms. The van der Waals surface area contributed by atoms with Gasteiger partial charge in [0.2, 0.25) is 0 Å². The maximum absolute atomic E-state index is 13.6. The maximum Gasteiger partial charge on any atom is 0.417 e. The van der Waals surface area contributed by atoms with E-state index in [1.54, 1.807) is 17.0 Å². The number of likely N-dealkylation sites (tertiary alicyclic amines) is 1. The summed E-state index contributed by atoms with van der Waals surface area (Å²) in [6.45, 7) is 4.78. The number of hydrogen-bond donors (Lipinski definition) is 1. The van der Waals surface area contributed by atoms with Gasteiger partial charge < -0.3 is 10.2 Å². The summed E-state index contributed by atoms with van der Waals surface area (Å²) in [6.07, 6.45) is -1.88. The molecule has 0 radical (unpaired) electrons. The van der Waals surface area contributed by atoms with E-state index in [0.29, 0.717) is 29.5 Å². The number of nitrogens with zero attached hydrogens (tertiary/aromatic N) is 3. The number of halogens is 4. The SMILES string of the molecule is Cc1nc(C(=O)N2CCCC(C)C2CNc2ccc(C(F)(F)F)cn2)c(-c2ccc(F)cc2)s1. The number of carbonyl (C=O) groups is 1. The van der Waals surface area contributed by atoms with Gasteiger partial charge in [-0.15, -0.1) is 11.3 Å². The van der Waals surface area contributed by atoms with Crippen LogP contribution in [-0.4, -0.2) is 39.9 Å². The molecule has 0 bridgehead atoms. The van der Waals surface area contributed by atoms with E-state index in [4.69, 9.17) is 0 Å². The molecule has 1 amide bonds. The summed E-state index contributed by atoms with van der Waals surface area (Å²) in [5.41, 5.74) is 0.248. The van der Waals surface area contributed by atoms with Crippen molar-refractivity contribution in [3.63, 3.8) is 0 Å². The van der Waals surface area contributed by atoms with Gasteiger partial charge in [0.1, 0.15) is 17.3 Å². The second kappa shape index (κ2) is 9.69. The van der Waals surface area contributed by atoms with Crippen molar-refractivity contribution in [3.8, 4) is 10.4 Å². The Hall–Kier alpha value is -3.01. The van der Waals surface area contributed by atoms with E-state index in [0.717, 1.165) is 35.7 Å². The largest absolute Gasteiger partial charge is 0.417 e. The Kier molecular flexibility index (Phi) is 6.88. The molecule has 4 rings (SSSR count). The van der Waals surface area contributed by atoms with Crippen molar-refractivity contribution in [2.45, 2.75) is 38.9 Å². The van der Waals surface area contributed by atoms with Gasteiger partial charge in [0.15, 0.2) is 0 Å². The van der Waals surface area contributed by atoms with Crippen LogP contribution in [0, 0.1) is 18.7 Å². The number of hydrogen-bond acceptors (Lipinski definition) is 5. The molecule has 1 aromatic carbocycles. The minimum Gasteiger partial charge on any atom is -0.368 e. The third-order valence-corrected chi connectivity index (χ3v) is 7.02. The summed E-state index contributed by atoms with van der Waals surface area (Å²) in [4.78, 5) is 24.5.